The summed E-state index contributed by atoms with van der Waals surface area (Å²) < 4.78 is 11.3. The first kappa shape index (κ1) is 33.3. The van der Waals surface area contributed by atoms with Crippen molar-refractivity contribution in [3.05, 3.63) is 65.9 Å². The SMILES string of the molecule is COC(=O)N[C@H](C(=O)N1[C@H](c2nc3ccc4cc5c(cc4c3[nH]2)OCc2cc(-c3cnc(C4CCCN4C(=O)O)[nH]3)ccc2-5)C[C@@H]2CCC[C@@H]21)C(C)C. The number of benzene rings is 3. The second kappa shape index (κ2) is 12.8. The lowest BCUT2D eigenvalue weighted by atomic mass is 9.92. The lowest BCUT2D eigenvalue weighted by Crippen LogP contribution is -2.53. The summed E-state index contributed by atoms with van der Waals surface area (Å²) in [5.74, 6) is 2.41. The zero-order chi connectivity index (χ0) is 36.5. The molecule has 5 atom stereocenters. The van der Waals surface area contributed by atoms with Crippen LogP contribution in [-0.4, -0.2) is 78.7 Å². The van der Waals surface area contributed by atoms with Crippen LogP contribution in [0.1, 0.15) is 81.7 Å². The average Bonchev–Trinajstić information content (AvgIpc) is 3.99. The molecule has 9 rings (SSSR count). The van der Waals surface area contributed by atoms with E-state index in [9.17, 15) is 19.5 Å². The Labute approximate surface area is 306 Å². The van der Waals surface area contributed by atoms with Gasteiger partial charge in [-0.05, 0) is 90.3 Å². The molecule has 5 aromatic rings. The minimum atomic E-state index is -0.919. The number of nitrogens with zero attached hydrogens (tertiary/aromatic N) is 4. The van der Waals surface area contributed by atoms with E-state index in [-0.39, 0.29) is 30.0 Å². The van der Waals surface area contributed by atoms with Crippen molar-refractivity contribution in [3.63, 3.8) is 0 Å². The number of carbonyl (C=O) groups excluding carboxylic acids is 2. The van der Waals surface area contributed by atoms with Crippen molar-refractivity contribution in [2.24, 2.45) is 11.8 Å². The first-order valence-corrected chi connectivity index (χ1v) is 18.6. The average molecular weight is 718 g/mol. The molecule has 2 saturated heterocycles. The third-order valence-electron chi connectivity index (χ3n) is 11.9. The zero-order valence-corrected chi connectivity index (χ0v) is 30.0. The van der Waals surface area contributed by atoms with Crippen molar-refractivity contribution >= 4 is 39.9 Å². The van der Waals surface area contributed by atoms with Crippen molar-refractivity contribution in [1.82, 2.24) is 35.1 Å². The maximum absolute atomic E-state index is 14.2. The fourth-order valence-corrected chi connectivity index (χ4v) is 9.28. The number of aromatic nitrogens is 4. The number of carbonyl (C=O) groups is 3. The first-order valence-electron chi connectivity index (χ1n) is 18.6. The fraction of sp³-hybridized carbons (Fsp3) is 0.425. The number of ether oxygens (including phenoxy) is 2. The molecule has 0 spiro atoms. The highest BCUT2D eigenvalue weighted by Gasteiger charge is 2.49. The number of aromatic amines is 2. The van der Waals surface area contributed by atoms with Crippen LogP contribution in [0.2, 0.25) is 0 Å². The van der Waals surface area contributed by atoms with Gasteiger partial charge in [0, 0.05) is 23.5 Å². The van der Waals surface area contributed by atoms with Gasteiger partial charge in [0.15, 0.2) is 0 Å². The van der Waals surface area contributed by atoms with Crippen LogP contribution in [0.25, 0.3) is 44.2 Å². The number of H-pyrrole nitrogens is 2. The summed E-state index contributed by atoms with van der Waals surface area (Å²) in [5.41, 5.74) is 6.70. The van der Waals surface area contributed by atoms with Gasteiger partial charge < -0.3 is 34.8 Å². The highest BCUT2D eigenvalue weighted by molar-refractivity contribution is 6.07. The molecule has 13 nitrogen and oxygen atoms in total. The van der Waals surface area contributed by atoms with Crippen LogP contribution in [0.3, 0.4) is 0 Å². The van der Waals surface area contributed by atoms with E-state index >= 15 is 0 Å². The Morgan fingerprint density at radius 3 is 2.68 bits per heavy atom. The first-order chi connectivity index (χ1) is 25.7. The molecule has 5 heterocycles. The topological polar surface area (TPSA) is 166 Å². The Bertz CT molecular complexity index is 2280. The van der Waals surface area contributed by atoms with E-state index in [2.05, 4.69) is 56.7 Å². The summed E-state index contributed by atoms with van der Waals surface area (Å²) in [4.78, 5) is 58.2. The Kier molecular flexibility index (Phi) is 8.04. The molecule has 3 aromatic carbocycles. The molecule has 4 aliphatic rings. The number of imidazole rings is 2. The molecule has 4 N–H and O–H groups in total. The van der Waals surface area contributed by atoms with Gasteiger partial charge in [-0.25, -0.2) is 19.6 Å². The van der Waals surface area contributed by atoms with Crippen LogP contribution in [0.5, 0.6) is 5.75 Å². The van der Waals surface area contributed by atoms with E-state index in [1.165, 1.54) is 12.0 Å². The van der Waals surface area contributed by atoms with Crippen molar-refractivity contribution < 1.29 is 29.0 Å². The van der Waals surface area contributed by atoms with Crippen LogP contribution < -0.4 is 10.1 Å². The highest BCUT2D eigenvalue weighted by Crippen LogP contribution is 2.48. The summed E-state index contributed by atoms with van der Waals surface area (Å²) in [6, 6.07) is 13.6. The van der Waals surface area contributed by atoms with Gasteiger partial charge in [0.25, 0.3) is 0 Å². The number of alkyl carbamates (subject to hydrolysis) is 1. The van der Waals surface area contributed by atoms with Crippen LogP contribution in [0.4, 0.5) is 9.59 Å². The second-order valence-electron chi connectivity index (χ2n) is 15.2. The predicted molar refractivity (Wildman–Crippen MR) is 197 cm³/mol. The van der Waals surface area contributed by atoms with Gasteiger partial charge in [-0.1, -0.05) is 38.5 Å². The molecular formula is C40H43N7O6. The van der Waals surface area contributed by atoms with Crippen molar-refractivity contribution in [2.45, 2.75) is 83.1 Å². The molecule has 1 saturated carbocycles. The normalized spacial score (nSPS) is 22.5. The summed E-state index contributed by atoms with van der Waals surface area (Å²) >= 11 is 0. The fourth-order valence-electron chi connectivity index (χ4n) is 9.28. The molecule has 1 unspecified atom stereocenters. The van der Waals surface area contributed by atoms with Gasteiger partial charge in [0.1, 0.15) is 30.0 Å². The molecule has 13 heteroatoms. The van der Waals surface area contributed by atoms with E-state index in [1.807, 2.05) is 24.8 Å². The lowest BCUT2D eigenvalue weighted by molar-refractivity contribution is -0.137. The number of amides is 3. The standard InChI is InChI=1S/C40H43N7O6/c1-20(2)34(45-39(49)52-3)38(48)47-30-7-4-6-23(30)16-32(47)37-42-28-12-10-21-15-27-25-11-9-22(14-24(25)19-53-33(27)17-26(21)35(28)44-37)29-18-41-36(43-29)31-8-5-13-46(31)40(50)51/h9-12,14-15,17-18,20,23,30-32,34H,4-8,13,16,19H2,1-3H3,(H,41,43)(H,42,44)(H,45,49)(H,50,51)/t23-,30-,31?,32-,34-/m0/s1. The molecule has 274 valence electrons. The van der Waals surface area contributed by atoms with E-state index in [4.69, 9.17) is 14.5 Å². The monoisotopic (exact) mass is 717 g/mol. The van der Waals surface area contributed by atoms with Gasteiger partial charge in [-0.15, -0.1) is 0 Å². The van der Waals surface area contributed by atoms with E-state index in [0.717, 1.165) is 99.9 Å². The van der Waals surface area contributed by atoms with Crippen LogP contribution in [0, 0.1) is 11.8 Å². The number of rotatable bonds is 6. The molecule has 0 bridgehead atoms. The van der Waals surface area contributed by atoms with Gasteiger partial charge in [-0.2, -0.15) is 0 Å². The van der Waals surface area contributed by atoms with Crippen LogP contribution in [-0.2, 0) is 16.1 Å². The number of fused-ring (bicyclic) bond motifs is 7. The number of nitrogens with one attached hydrogen (secondary N) is 3. The van der Waals surface area contributed by atoms with Crippen molar-refractivity contribution in [2.75, 3.05) is 13.7 Å². The number of hydrogen-bond donors (Lipinski definition) is 4. The quantitative estimate of drug-likeness (QED) is 0.142. The third-order valence-corrected chi connectivity index (χ3v) is 11.9. The Morgan fingerprint density at radius 1 is 1.00 bits per heavy atom. The molecule has 3 aliphatic heterocycles. The maximum atomic E-state index is 14.2. The maximum Gasteiger partial charge on any atom is 0.407 e. The summed E-state index contributed by atoms with van der Waals surface area (Å²) in [6.45, 7) is 4.80. The minimum absolute atomic E-state index is 0.0916. The van der Waals surface area contributed by atoms with Gasteiger partial charge in [0.05, 0.1) is 42.1 Å². The third kappa shape index (κ3) is 5.55. The van der Waals surface area contributed by atoms with Crippen LogP contribution >= 0.6 is 0 Å². The van der Waals surface area contributed by atoms with Crippen molar-refractivity contribution in [1.29, 1.82) is 0 Å². The molecule has 2 aromatic heterocycles. The summed E-state index contributed by atoms with van der Waals surface area (Å²) in [6.07, 6.45) is 5.76. The molecule has 53 heavy (non-hydrogen) atoms. The van der Waals surface area contributed by atoms with Crippen molar-refractivity contribution in [3.8, 4) is 28.1 Å². The van der Waals surface area contributed by atoms with Crippen LogP contribution in [0.15, 0.2) is 48.7 Å². The van der Waals surface area contributed by atoms with E-state index in [1.54, 1.807) is 6.20 Å². The van der Waals surface area contributed by atoms with E-state index < -0.39 is 18.2 Å². The summed E-state index contributed by atoms with van der Waals surface area (Å²) in [7, 11) is 1.31. The number of hydrogen-bond acceptors (Lipinski definition) is 7. The van der Waals surface area contributed by atoms with Gasteiger partial charge >= 0.3 is 12.2 Å². The Balaban J connectivity index is 1.02. The predicted octanol–water partition coefficient (Wildman–Crippen LogP) is 7.30. The van der Waals surface area contributed by atoms with E-state index in [0.29, 0.717) is 24.9 Å². The number of likely N-dealkylation sites (tertiary alicyclic amines) is 2. The second-order valence-corrected chi connectivity index (χ2v) is 15.2. The molecule has 3 fully saturated rings. The molecule has 0 radical (unpaired) electrons. The lowest BCUT2D eigenvalue weighted by Gasteiger charge is -2.33. The smallest absolute Gasteiger partial charge is 0.407 e. The highest BCUT2D eigenvalue weighted by atomic mass is 16.5. The zero-order valence-electron chi connectivity index (χ0n) is 30.0. The molecular weight excluding hydrogens is 674 g/mol. The minimum Gasteiger partial charge on any atom is -0.488 e. The largest absolute Gasteiger partial charge is 0.488 e. The molecule has 1 aliphatic carbocycles. The summed E-state index contributed by atoms with van der Waals surface area (Å²) in [5, 5.41) is 14.4. The number of carboxylic acid groups (broad SMARTS) is 1. The Morgan fingerprint density at radius 2 is 1.87 bits per heavy atom. The Hall–Kier alpha value is -5.59. The van der Waals surface area contributed by atoms with Gasteiger partial charge in [-0.3, -0.25) is 9.69 Å². The number of methoxy groups -OCH3 is 1. The van der Waals surface area contributed by atoms with Gasteiger partial charge in [0.2, 0.25) is 5.91 Å². The molecule has 3 amide bonds.